The maximum atomic E-state index is 13.0. The van der Waals surface area contributed by atoms with Crippen molar-refractivity contribution in [3.63, 3.8) is 0 Å². The standard InChI is InChI=1S/C22H37N5O2S/c1-3-18-7-4-5-11-26(18)20(28)16-30-22-24-23-21(25-12-9-17(2)10-13-25)27(22)15-19-8-6-14-29-19/h17-19H,3-16H2,1-2H3. The smallest absolute Gasteiger partial charge is 0.233 e. The summed E-state index contributed by atoms with van der Waals surface area (Å²) >= 11 is 1.55. The summed E-state index contributed by atoms with van der Waals surface area (Å²) in [6, 6.07) is 0.405. The van der Waals surface area contributed by atoms with Crippen LogP contribution in [0.5, 0.6) is 0 Å². The minimum atomic E-state index is 0.227. The van der Waals surface area contributed by atoms with Gasteiger partial charge in [0.2, 0.25) is 11.9 Å². The van der Waals surface area contributed by atoms with Crippen LogP contribution in [0.2, 0.25) is 0 Å². The predicted octanol–water partition coefficient (Wildman–Crippen LogP) is 3.58. The Balaban J connectivity index is 1.45. The molecule has 3 fully saturated rings. The summed E-state index contributed by atoms with van der Waals surface area (Å²) in [6.45, 7) is 9.10. The van der Waals surface area contributed by atoms with Crippen LogP contribution >= 0.6 is 11.8 Å². The Labute approximate surface area is 184 Å². The van der Waals surface area contributed by atoms with Crippen LogP contribution in [0.25, 0.3) is 0 Å². The molecule has 0 bridgehead atoms. The highest BCUT2D eigenvalue weighted by Gasteiger charge is 2.28. The minimum Gasteiger partial charge on any atom is -0.376 e. The molecule has 0 radical (unpaired) electrons. The van der Waals surface area contributed by atoms with E-state index in [-0.39, 0.29) is 12.0 Å². The van der Waals surface area contributed by atoms with Gasteiger partial charge < -0.3 is 14.5 Å². The van der Waals surface area contributed by atoms with Crippen molar-refractivity contribution in [1.29, 1.82) is 0 Å². The van der Waals surface area contributed by atoms with Crippen LogP contribution in [0.1, 0.15) is 65.2 Å². The SMILES string of the molecule is CCC1CCCCN1C(=O)CSc1nnc(N2CCC(C)CC2)n1CC1CCCO1. The Morgan fingerprint density at radius 3 is 2.67 bits per heavy atom. The summed E-state index contributed by atoms with van der Waals surface area (Å²) in [4.78, 5) is 17.4. The molecule has 2 atom stereocenters. The Hall–Kier alpha value is -1.28. The van der Waals surface area contributed by atoms with E-state index in [0.29, 0.717) is 11.8 Å². The fourth-order valence-corrected chi connectivity index (χ4v) is 5.77. The van der Waals surface area contributed by atoms with Gasteiger partial charge >= 0.3 is 0 Å². The van der Waals surface area contributed by atoms with Crippen molar-refractivity contribution in [2.75, 3.05) is 36.9 Å². The third-order valence-corrected chi connectivity index (χ3v) is 7.87. The zero-order valence-electron chi connectivity index (χ0n) is 18.6. The third-order valence-electron chi connectivity index (χ3n) is 6.92. The zero-order valence-corrected chi connectivity index (χ0v) is 19.4. The van der Waals surface area contributed by atoms with E-state index in [0.717, 1.165) is 81.9 Å². The highest BCUT2D eigenvalue weighted by molar-refractivity contribution is 7.99. The van der Waals surface area contributed by atoms with Crippen LogP contribution in [0, 0.1) is 5.92 Å². The molecule has 1 amide bonds. The van der Waals surface area contributed by atoms with Crippen molar-refractivity contribution in [3.8, 4) is 0 Å². The molecule has 3 aliphatic heterocycles. The number of carbonyl (C=O) groups excluding carboxylic acids is 1. The maximum absolute atomic E-state index is 13.0. The molecule has 0 aliphatic carbocycles. The lowest BCUT2D eigenvalue weighted by Gasteiger charge is -2.35. The molecule has 0 saturated carbocycles. The molecule has 4 heterocycles. The molecule has 0 N–H and O–H groups in total. The van der Waals surface area contributed by atoms with E-state index in [4.69, 9.17) is 4.74 Å². The molecule has 7 nitrogen and oxygen atoms in total. The molecule has 1 aromatic heterocycles. The van der Waals surface area contributed by atoms with Gasteiger partial charge in [-0.25, -0.2) is 0 Å². The summed E-state index contributed by atoms with van der Waals surface area (Å²) in [6.07, 6.45) is 9.37. The summed E-state index contributed by atoms with van der Waals surface area (Å²) in [5.74, 6) is 2.42. The second kappa shape index (κ2) is 10.4. The number of hydrogen-bond acceptors (Lipinski definition) is 6. The van der Waals surface area contributed by atoms with Gasteiger partial charge in [0.05, 0.1) is 18.4 Å². The van der Waals surface area contributed by atoms with Crippen molar-refractivity contribution < 1.29 is 9.53 Å². The van der Waals surface area contributed by atoms with E-state index in [1.807, 2.05) is 0 Å². The Bertz CT molecular complexity index is 698. The van der Waals surface area contributed by atoms with E-state index in [1.165, 1.54) is 19.3 Å². The third kappa shape index (κ3) is 5.13. The van der Waals surface area contributed by atoms with Crippen LogP contribution in [-0.2, 0) is 16.1 Å². The number of anilines is 1. The Morgan fingerprint density at radius 2 is 1.93 bits per heavy atom. The molecule has 0 spiro atoms. The summed E-state index contributed by atoms with van der Waals surface area (Å²) in [5, 5.41) is 9.94. The molecule has 30 heavy (non-hydrogen) atoms. The number of ether oxygens (including phenoxy) is 1. The van der Waals surface area contributed by atoms with Crippen molar-refractivity contribution in [3.05, 3.63) is 0 Å². The Kier molecular flexibility index (Phi) is 7.57. The lowest BCUT2D eigenvalue weighted by molar-refractivity contribution is -0.132. The van der Waals surface area contributed by atoms with Crippen molar-refractivity contribution in [2.24, 2.45) is 5.92 Å². The number of likely N-dealkylation sites (tertiary alicyclic amines) is 1. The first-order chi connectivity index (χ1) is 14.7. The molecule has 0 aromatic carbocycles. The molecule has 1 aromatic rings. The normalized spacial score (nSPS) is 25.8. The van der Waals surface area contributed by atoms with Gasteiger partial charge in [-0.2, -0.15) is 0 Å². The van der Waals surface area contributed by atoms with Gasteiger partial charge in [0.15, 0.2) is 5.16 Å². The fourth-order valence-electron chi connectivity index (χ4n) is 4.94. The molecule has 3 saturated heterocycles. The first kappa shape index (κ1) is 21.9. The molecule has 3 aliphatic rings. The average molecular weight is 436 g/mol. The Morgan fingerprint density at radius 1 is 1.10 bits per heavy atom. The monoisotopic (exact) mass is 435 g/mol. The topological polar surface area (TPSA) is 63.5 Å². The highest BCUT2D eigenvalue weighted by atomic mass is 32.2. The van der Waals surface area contributed by atoms with Crippen LogP contribution in [0.15, 0.2) is 5.16 Å². The van der Waals surface area contributed by atoms with E-state index in [1.54, 1.807) is 11.8 Å². The van der Waals surface area contributed by atoms with Gasteiger partial charge in [-0.3, -0.25) is 9.36 Å². The summed E-state index contributed by atoms with van der Waals surface area (Å²) in [7, 11) is 0. The van der Waals surface area contributed by atoms with E-state index in [2.05, 4.69) is 38.4 Å². The van der Waals surface area contributed by atoms with Crippen LogP contribution in [-0.4, -0.2) is 69.7 Å². The summed E-state index contributed by atoms with van der Waals surface area (Å²) < 4.78 is 8.13. The second-order valence-electron chi connectivity index (χ2n) is 9.13. The van der Waals surface area contributed by atoms with Crippen molar-refractivity contribution in [1.82, 2.24) is 19.7 Å². The number of carbonyl (C=O) groups is 1. The minimum absolute atomic E-state index is 0.227. The fraction of sp³-hybridized carbons (Fsp3) is 0.864. The lowest BCUT2D eigenvalue weighted by atomic mass is 10.00. The number of amides is 1. The highest BCUT2D eigenvalue weighted by Crippen LogP contribution is 2.29. The average Bonchev–Trinajstić information content (AvgIpc) is 3.43. The molecule has 8 heteroatoms. The van der Waals surface area contributed by atoms with Gasteiger partial charge in [0.1, 0.15) is 0 Å². The first-order valence-electron chi connectivity index (χ1n) is 11.9. The van der Waals surface area contributed by atoms with E-state index < -0.39 is 0 Å². The zero-order chi connectivity index (χ0) is 20.9. The number of piperidine rings is 2. The van der Waals surface area contributed by atoms with Gasteiger partial charge in [0, 0.05) is 32.3 Å². The number of nitrogens with zero attached hydrogens (tertiary/aromatic N) is 5. The summed E-state index contributed by atoms with van der Waals surface area (Å²) in [5.41, 5.74) is 0. The molecule has 4 rings (SSSR count). The number of hydrogen-bond donors (Lipinski definition) is 0. The number of thioether (sulfide) groups is 1. The van der Waals surface area contributed by atoms with E-state index in [9.17, 15) is 4.79 Å². The molecule has 2 unspecified atom stereocenters. The largest absolute Gasteiger partial charge is 0.376 e. The van der Waals surface area contributed by atoms with Crippen molar-refractivity contribution in [2.45, 2.75) is 89.1 Å². The van der Waals surface area contributed by atoms with Crippen LogP contribution in [0.4, 0.5) is 5.95 Å². The van der Waals surface area contributed by atoms with Crippen LogP contribution < -0.4 is 4.90 Å². The van der Waals surface area contributed by atoms with Gasteiger partial charge in [-0.15, -0.1) is 10.2 Å². The molecular formula is C22H37N5O2S. The maximum Gasteiger partial charge on any atom is 0.233 e. The van der Waals surface area contributed by atoms with Gasteiger partial charge in [0.25, 0.3) is 0 Å². The lowest BCUT2D eigenvalue weighted by Crippen LogP contribution is -2.44. The van der Waals surface area contributed by atoms with Crippen LogP contribution in [0.3, 0.4) is 0 Å². The predicted molar refractivity (Wildman–Crippen MR) is 120 cm³/mol. The second-order valence-corrected chi connectivity index (χ2v) is 10.1. The molecule has 168 valence electrons. The number of rotatable bonds is 7. The first-order valence-corrected chi connectivity index (χ1v) is 12.9. The van der Waals surface area contributed by atoms with Crippen molar-refractivity contribution >= 4 is 23.6 Å². The quantitative estimate of drug-likeness (QED) is 0.610. The van der Waals surface area contributed by atoms with Gasteiger partial charge in [-0.1, -0.05) is 25.6 Å². The van der Waals surface area contributed by atoms with E-state index >= 15 is 0 Å². The van der Waals surface area contributed by atoms with Gasteiger partial charge in [-0.05, 0) is 57.3 Å². The number of aromatic nitrogens is 3. The molecular weight excluding hydrogens is 398 g/mol.